The summed E-state index contributed by atoms with van der Waals surface area (Å²) in [6.45, 7) is 3.68. The van der Waals surface area contributed by atoms with Crippen molar-refractivity contribution in [3.8, 4) is 0 Å². The average molecular weight is 565 g/mol. The van der Waals surface area contributed by atoms with Gasteiger partial charge in [0.1, 0.15) is 17.0 Å². The van der Waals surface area contributed by atoms with Crippen LogP contribution in [0.25, 0.3) is 0 Å². The third kappa shape index (κ3) is 4.94. The number of halogens is 2. The third-order valence-corrected chi connectivity index (χ3v) is 8.97. The summed E-state index contributed by atoms with van der Waals surface area (Å²) in [6.07, 6.45) is 4.27. The normalized spacial score (nSPS) is 23.4. The Balaban J connectivity index is 1.78. The predicted molar refractivity (Wildman–Crippen MR) is 150 cm³/mol. The highest BCUT2D eigenvalue weighted by atomic mass is 35.5. The summed E-state index contributed by atoms with van der Waals surface area (Å²) in [6, 6.07) is 10.9. The Morgan fingerprint density at radius 1 is 1.02 bits per heavy atom. The van der Waals surface area contributed by atoms with E-state index in [0.717, 1.165) is 24.8 Å². The summed E-state index contributed by atoms with van der Waals surface area (Å²) in [4.78, 5) is 43.8. The Morgan fingerprint density at radius 2 is 1.70 bits per heavy atom. The van der Waals surface area contributed by atoms with E-state index in [4.69, 9.17) is 17.3 Å². The van der Waals surface area contributed by atoms with E-state index in [0.29, 0.717) is 35.2 Å². The molecule has 2 N–H and O–H groups in total. The molecular formula is C31H34ClFN4O3. The molecule has 0 bridgehead atoms. The maximum atomic E-state index is 14.5. The molecule has 210 valence electrons. The van der Waals surface area contributed by atoms with Crippen LogP contribution in [-0.2, 0) is 16.6 Å². The number of carbonyl (C=O) groups is 3. The van der Waals surface area contributed by atoms with Crippen LogP contribution in [0, 0.1) is 31.5 Å². The number of benzene rings is 2. The minimum Gasteiger partial charge on any atom is -0.368 e. The Bertz CT molecular complexity index is 1450. The number of amides is 2. The maximum Gasteiger partial charge on any atom is 0.240 e. The lowest BCUT2D eigenvalue weighted by molar-refractivity contribution is -0.144. The smallest absolute Gasteiger partial charge is 0.240 e. The van der Waals surface area contributed by atoms with Crippen molar-refractivity contribution in [1.29, 1.82) is 0 Å². The first-order chi connectivity index (χ1) is 19.1. The first kappa shape index (κ1) is 28.0. The van der Waals surface area contributed by atoms with E-state index in [1.807, 2.05) is 13.0 Å². The Labute approximate surface area is 238 Å². The van der Waals surface area contributed by atoms with Crippen molar-refractivity contribution < 1.29 is 18.8 Å². The number of ketones is 1. The number of hydrogen-bond donors (Lipinski definition) is 1. The number of Topliss-reactive ketones (excluding diaryl/α,β-unsaturated/α-hetero) is 1. The molecule has 5 rings (SSSR count). The van der Waals surface area contributed by atoms with Crippen LogP contribution < -0.4 is 5.73 Å². The van der Waals surface area contributed by atoms with E-state index in [1.54, 1.807) is 44.3 Å². The van der Waals surface area contributed by atoms with E-state index in [9.17, 15) is 18.8 Å². The van der Waals surface area contributed by atoms with Crippen LogP contribution in [0.5, 0.6) is 0 Å². The quantitative estimate of drug-likeness (QED) is 0.404. The molecule has 1 aliphatic carbocycles. The second kappa shape index (κ2) is 11.2. The van der Waals surface area contributed by atoms with E-state index >= 15 is 0 Å². The Morgan fingerprint density at radius 3 is 2.27 bits per heavy atom. The molecule has 4 atom stereocenters. The van der Waals surface area contributed by atoms with Crippen molar-refractivity contribution in [3.63, 3.8) is 0 Å². The van der Waals surface area contributed by atoms with Gasteiger partial charge in [0.15, 0.2) is 5.78 Å². The van der Waals surface area contributed by atoms with Crippen LogP contribution in [-0.4, -0.2) is 38.3 Å². The fourth-order valence-electron chi connectivity index (χ4n) is 6.73. The Kier molecular flexibility index (Phi) is 7.82. The number of carbonyl (C=O) groups excluding carboxylic acids is 3. The third-order valence-electron chi connectivity index (χ3n) is 8.52. The van der Waals surface area contributed by atoms with Crippen LogP contribution in [0.3, 0.4) is 0 Å². The number of likely N-dealkylation sites (tertiary alicyclic amines) is 1. The van der Waals surface area contributed by atoms with E-state index in [1.165, 1.54) is 21.7 Å². The first-order valence-corrected chi connectivity index (χ1v) is 14.1. The lowest BCUT2D eigenvalue weighted by Crippen LogP contribution is -2.49. The molecule has 2 amide bonds. The lowest BCUT2D eigenvalue weighted by atomic mass is 9.76. The Hall–Kier alpha value is -3.52. The molecule has 0 radical (unpaired) electrons. The first-order valence-electron chi connectivity index (χ1n) is 13.8. The van der Waals surface area contributed by atoms with Crippen LogP contribution in [0.15, 0.2) is 48.5 Å². The number of aromatic nitrogens is 2. The maximum absolute atomic E-state index is 14.5. The fourth-order valence-corrected chi connectivity index (χ4v) is 7.02. The summed E-state index contributed by atoms with van der Waals surface area (Å²) in [7, 11) is 1.70. The largest absolute Gasteiger partial charge is 0.368 e. The molecule has 2 fully saturated rings. The molecule has 1 aliphatic heterocycles. The van der Waals surface area contributed by atoms with E-state index in [-0.39, 0.29) is 22.8 Å². The van der Waals surface area contributed by atoms with Gasteiger partial charge in [-0.3, -0.25) is 19.1 Å². The zero-order valence-corrected chi connectivity index (χ0v) is 23.7. The molecular weight excluding hydrogens is 531 g/mol. The highest BCUT2D eigenvalue weighted by Gasteiger charge is 2.58. The van der Waals surface area contributed by atoms with Crippen LogP contribution in [0.1, 0.15) is 76.8 Å². The van der Waals surface area contributed by atoms with Gasteiger partial charge in [0.25, 0.3) is 0 Å². The van der Waals surface area contributed by atoms with Crippen molar-refractivity contribution in [3.05, 3.63) is 87.4 Å². The fraction of sp³-hybridized carbons (Fsp3) is 0.419. The molecule has 7 nitrogen and oxygen atoms in total. The summed E-state index contributed by atoms with van der Waals surface area (Å²) < 4.78 is 15.5. The van der Waals surface area contributed by atoms with Gasteiger partial charge in [-0.15, -0.1) is 0 Å². The minimum atomic E-state index is -1.14. The summed E-state index contributed by atoms with van der Waals surface area (Å²) in [5, 5.41) is 4.78. The second-order valence-corrected chi connectivity index (χ2v) is 11.5. The van der Waals surface area contributed by atoms with Crippen molar-refractivity contribution in [1.82, 2.24) is 14.7 Å². The highest BCUT2D eigenvalue weighted by molar-refractivity contribution is 6.30. The summed E-state index contributed by atoms with van der Waals surface area (Å²) in [5.74, 6) is -3.66. The topological polar surface area (TPSA) is 98.3 Å². The number of primary amides is 1. The van der Waals surface area contributed by atoms with Crippen molar-refractivity contribution in [2.75, 3.05) is 0 Å². The number of aryl methyl sites for hydroxylation is 3. The number of rotatable bonds is 6. The lowest BCUT2D eigenvalue weighted by Gasteiger charge is -2.34. The second-order valence-electron chi connectivity index (χ2n) is 11.1. The SMILES string of the molecule is Cc1cccc(C(=O)C2C(c3ccc(F)cc3)C(C(N)=O)N(C(=O)C3CCCCC3)C2c2c(C)nn(C)c2Cl)c1. The zero-order chi connectivity index (χ0) is 28.7. The van der Waals surface area contributed by atoms with Gasteiger partial charge >= 0.3 is 0 Å². The number of nitrogens with two attached hydrogens (primary N) is 1. The zero-order valence-electron chi connectivity index (χ0n) is 22.9. The predicted octanol–water partition coefficient (Wildman–Crippen LogP) is 5.43. The van der Waals surface area contributed by atoms with Crippen LogP contribution in [0.4, 0.5) is 4.39 Å². The van der Waals surface area contributed by atoms with Gasteiger partial charge in [0.2, 0.25) is 11.8 Å². The molecule has 1 saturated heterocycles. The van der Waals surface area contributed by atoms with Crippen LogP contribution in [0.2, 0.25) is 5.15 Å². The van der Waals surface area contributed by atoms with E-state index < -0.39 is 35.6 Å². The molecule has 4 unspecified atom stereocenters. The van der Waals surface area contributed by atoms with Gasteiger partial charge in [-0.1, -0.05) is 66.8 Å². The average Bonchev–Trinajstić information content (AvgIpc) is 3.41. The van der Waals surface area contributed by atoms with Crippen molar-refractivity contribution >= 4 is 29.2 Å². The van der Waals surface area contributed by atoms with Crippen molar-refractivity contribution in [2.45, 2.75) is 64.0 Å². The van der Waals surface area contributed by atoms with Gasteiger partial charge in [-0.05, 0) is 50.5 Å². The summed E-state index contributed by atoms with van der Waals surface area (Å²) in [5.41, 5.74) is 9.08. The van der Waals surface area contributed by atoms with Crippen LogP contribution >= 0.6 is 11.6 Å². The van der Waals surface area contributed by atoms with Gasteiger partial charge in [-0.25, -0.2) is 4.39 Å². The molecule has 9 heteroatoms. The van der Waals surface area contributed by atoms with Gasteiger partial charge in [0.05, 0.1) is 17.7 Å². The molecule has 2 heterocycles. The summed E-state index contributed by atoms with van der Waals surface area (Å²) >= 11 is 6.82. The molecule has 40 heavy (non-hydrogen) atoms. The van der Waals surface area contributed by atoms with Crippen molar-refractivity contribution in [2.24, 2.45) is 24.6 Å². The van der Waals surface area contributed by atoms with Gasteiger partial charge < -0.3 is 10.6 Å². The minimum absolute atomic E-state index is 0.209. The number of hydrogen-bond acceptors (Lipinski definition) is 4. The van der Waals surface area contributed by atoms with Gasteiger partial charge in [0, 0.05) is 30.0 Å². The molecule has 0 spiro atoms. The molecule has 2 aliphatic rings. The molecule has 2 aromatic carbocycles. The van der Waals surface area contributed by atoms with E-state index in [2.05, 4.69) is 5.10 Å². The highest BCUT2D eigenvalue weighted by Crippen LogP contribution is 2.53. The molecule has 1 saturated carbocycles. The van der Waals surface area contributed by atoms with Gasteiger partial charge in [-0.2, -0.15) is 5.10 Å². The monoisotopic (exact) mass is 564 g/mol. The molecule has 3 aromatic rings. The number of nitrogens with zero attached hydrogens (tertiary/aromatic N) is 3. The molecule has 1 aromatic heterocycles. The standard InChI is InChI=1S/C31H34ClFN4O3/c1-17-8-7-11-21(16-17)28(38)25-24(19-12-14-22(33)15-13-19)27(30(34)39)37(31(40)20-9-5-4-6-10-20)26(25)23-18(2)35-36(3)29(23)32/h7-8,11-16,20,24-27H,4-6,9-10H2,1-3H3,(H2,34,39).